The summed E-state index contributed by atoms with van der Waals surface area (Å²) in [5.41, 5.74) is 13.7. The minimum absolute atomic E-state index is 0.0288. The zero-order chi connectivity index (χ0) is 46.3. The normalized spacial score (nSPS) is 31.0. The molecule has 64 heavy (non-hydrogen) atoms. The first-order chi connectivity index (χ1) is 30.1. The van der Waals surface area contributed by atoms with Gasteiger partial charge in [-0.05, 0) is 56.0 Å². The molecule has 13 atom stereocenters. The molecule has 8 rings (SSSR count). The second-order valence-corrected chi connectivity index (χ2v) is 19.5. The zero-order valence-corrected chi connectivity index (χ0v) is 36.1. The van der Waals surface area contributed by atoms with E-state index in [1.807, 2.05) is 50.2 Å². The number of imide groups is 1. The predicted molar refractivity (Wildman–Crippen MR) is 222 cm³/mol. The van der Waals surface area contributed by atoms with E-state index in [9.17, 15) is 54.0 Å². The lowest BCUT2D eigenvalue weighted by molar-refractivity contribution is -0.128. The van der Waals surface area contributed by atoms with Gasteiger partial charge in [-0.3, -0.25) is 23.7 Å². The molecule has 2 aromatic carbocycles. The number of urea groups is 1. The molecule has 27 heteroatoms. The van der Waals surface area contributed by atoms with E-state index in [0.717, 1.165) is 23.0 Å². The van der Waals surface area contributed by atoms with E-state index < -0.39 is 113 Å². The number of aromatic nitrogens is 4. The maximum atomic E-state index is 14.5. The highest BCUT2D eigenvalue weighted by Crippen LogP contribution is 2.61. The molecule has 0 aliphatic carbocycles. The number of nitrogens with two attached hydrogens (primary N) is 2. The molecule has 2 aromatic heterocycles. The Kier molecular flexibility index (Phi) is 11.9. The first-order valence-corrected chi connectivity index (χ1v) is 22.8. The number of hydrogen-bond acceptors (Lipinski definition) is 20. The Labute approximate surface area is 363 Å². The number of carbonyl (C=O) groups is 2. The lowest BCUT2D eigenvalue weighted by Gasteiger charge is -2.59. The molecule has 6 heterocycles. The second kappa shape index (κ2) is 16.6. The lowest BCUT2D eigenvalue weighted by atomic mass is 9.73. The Morgan fingerprint density at radius 3 is 2.34 bits per heavy atom. The quantitative estimate of drug-likeness (QED) is 0.0680. The van der Waals surface area contributed by atoms with Gasteiger partial charge in [0.2, 0.25) is 0 Å². The summed E-state index contributed by atoms with van der Waals surface area (Å²) in [5, 5.41) is 60.1. The third-order valence-corrected chi connectivity index (χ3v) is 14.7. The van der Waals surface area contributed by atoms with E-state index in [-0.39, 0.29) is 23.4 Å². The van der Waals surface area contributed by atoms with E-state index in [4.69, 9.17) is 25.3 Å². The number of β-amino-alcohol motifs (C(OH)–C–C–N with tert-alkyl or cyclic N) is 1. The first kappa shape index (κ1) is 45.9. The van der Waals surface area contributed by atoms with Gasteiger partial charge in [0.05, 0.1) is 36.6 Å². The van der Waals surface area contributed by atoms with Crippen LogP contribution < -0.4 is 31.9 Å². The third-order valence-electron chi connectivity index (χ3n) is 12.1. The van der Waals surface area contributed by atoms with Crippen molar-refractivity contribution in [3.05, 3.63) is 71.8 Å². The average molecular weight is 935 g/mol. The highest BCUT2D eigenvalue weighted by molar-refractivity contribution is 7.61. The molecule has 4 aromatic rings. The smallest absolute Gasteiger partial charge is 0.388 e. The molecule has 3 unspecified atom stereocenters. The molecule has 3 saturated heterocycles. The molecule has 4 aliphatic rings. The van der Waals surface area contributed by atoms with Crippen molar-refractivity contribution in [3.8, 4) is 0 Å². The van der Waals surface area contributed by atoms with Gasteiger partial charge >= 0.3 is 21.7 Å². The average Bonchev–Trinajstić information content (AvgIpc) is 3.87. The van der Waals surface area contributed by atoms with E-state index in [1.54, 1.807) is 17.9 Å². The van der Waals surface area contributed by atoms with E-state index in [2.05, 4.69) is 29.9 Å². The van der Waals surface area contributed by atoms with Crippen LogP contribution in [0.15, 0.2) is 55.1 Å². The van der Waals surface area contributed by atoms with Crippen LogP contribution in [0.3, 0.4) is 0 Å². The van der Waals surface area contributed by atoms with Crippen molar-refractivity contribution in [1.82, 2.24) is 30.2 Å². The predicted octanol–water partition coefficient (Wildman–Crippen LogP) is -0.929. The number of rotatable bonds is 14. The largest absolute Gasteiger partial charge is 0.481 e. The van der Waals surface area contributed by atoms with E-state index >= 15 is 0 Å². The minimum atomic E-state index is -5.60. The summed E-state index contributed by atoms with van der Waals surface area (Å²) < 4.78 is 46.3. The number of nitrogens with zero attached hydrogens (tertiary/aromatic N) is 6. The second-order valence-electron chi connectivity index (χ2n) is 16.5. The number of nitrogen functional groups attached to an aromatic ring is 1. The molecular weight excluding hydrogens is 886 g/mol. The standard InChI is InChI=1S/C37H48N10O15P2/c1-17-9-21-22(10-18(17)2)47-36(3,39)11-20(19-7-5-4-6-8-19)37(47)33(43-35(54)44-34(37)53)45(21)12-23(48)27(50)24(49)13-59-63(55,56)62-64(57,58)60-14-25-28(51)29(52)32(61-25)46-16-42-26-30(38)40-15-41-31(26)46/h4-10,15-16,20,23-25,27-29,32-33,48-52H,11-14,39H2,1-3H3,(H,55,56)(H,57,58)(H2,38,40,41)(H2,43,44,53,54)/t20?,23-,24+,25+,27-,28+,29+,32+,33-,36+,37-/m0/s1. The number of hydrogen-bond donors (Lipinski definition) is 11. The van der Waals surface area contributed by atoms with Gasteiger partial charge in [0.25, 0.3) is 5.91 Å². The van der Waals surface area contributed by atoms with Crippen molar-refractivity contribution in [2.24, 2.45) is 5.73 Å². The van der Waals surface area contributed by atoms with Gasteiger partial charge in [-0.25, -0.2) is 28.9 Å². The summed E-state index contributed by atoms with van der Waals surface area (Å²) in [6, 6.07) is 11.9. The monoisotopic (exact) mass is 934 g/mol. The van der Waals surface area contributed by atoms with Gasteiger partial charge in [0.1, 0.15) is 54.6 Å². The Morgan fingerprint density at radius 1 is 0.969 bits per heavy atom. The molecule has 25 nitrogen and oxygen atoms in total. The number of carbonyl (C=O) groups excluding carboxylic acids is 2. The molecule has 4 aliphatic heterocycles. The lowest BCUT2D eigenvalue weighted by Crippen LogP contribution is -2.83. The molecule has 0 bridgehead atoms. The van der Waals surface area contributed by atoms with Crippen LogP contribution >= 0.6 is 15.6 Å². The number of aliphatic hydroxyl groups is 5. The number of nitrogens with one attached hydrogen (secondary N) is 2. The maximum Gasteiger partial charge on any atom is 0.481 e. The summed E-state index contributed by atoms with van der Waals surface area (Å²) in [6.07, 6.45) is -11.0. The fourth-order valence-corrected chi connectivity index (χ4v) is 11.2. The number of imidazole rings is 1. The van der Waals surface area contributed by atoms with E-state index in [1.165, 1.54) is 15.8 Å². The fraction of sp³-hybridized carbons (Fsp3) is 0.486. The van der Waals surface area contributed by atoms with E-state index in [0.29, 0.717) is 11.4 Å². The first-order valence-electron chi connectivity index (χ1n) is 19.8. The Bertz CT molecular complexity index is 2560. The number of amides is 3. The fourth-order valence-electron chi connectivity index (χ4n) is 9.13. The van der Waals surface area contributed by atoms with Crippen molar-refractivity contribution in [1.29, 1.82) is 0 Å². The van der Waals surface area contributed by atoms with Crippen LogP contribution in [0, 0.1) is 13.8 Å². The third kappa shape index (κ3) is 7.94. The number of phosphoric acid groups is 2. The molecular formula is C37H48N10O15P2. The molecule has 3 fully saturated rings. The number of fused-ring (bicyclic) bond motifs is 3. The summed E-state index contributed by atoms with van der Waals surface area (Å²) in [6.45, 7) is 2.74. The summed E-state index contributed by atoms with van der Waals surface area (Å²) in [7, 11) is -11.1. The zero-order valence-electron chi connectivity index (χ0n) is 34.3. The van der Waals surface area contributed by atoms with Crippen molar-refractivity contribution >= 4 is 55.9 Å². The Balaban J connectivity index is 0.951. The van der Waals surface area contributed by atoms with Crippen molar-refractivity contribution in [2.75, 3.05) is 35.3 Å². The van der Waals surface area contributed by atoms with Crippen LogP contribution in [0.4, 0.5) is 22.0 Å². The van der Waals surface area contributed by atoms with Crippen molar-refractivity contribution in [3.63, 3.8) is 0 Å². The number of benzene rings is 2. The van der Waals surface area contributed by atoms with Gasteiger partial charge in [-0.15, -0.1) is 0 Å². The number of phosphoric ester groups is 2. The van der Waals surface area contributed by atoms with Gasteiger partial charge in [0.15, 0.2) is 23.2 Å². The number of aliphatic hydroxyl groups excluding tert-OH is 5. The number of anilines is 3. The van der Waals surface area contributed by atoms with Gasteiger partial charge in [0, 0.05) is 12.5 Å². The van der Waals surface area contributed by atoms with Crippen LogP contribution in [0.2, 0.25) is 0 Å². The molecule has 0 saturated carbocycles. The Hall–Kier alpha value is -4.69. The van der Waals surface area contributed by atoms with Crippen molar-refractivity contribution < 1.29 is 72.1 Å². The van der Waals surface area contributed by atoms with Gasteiger partial charge < -0.3 is 66.6 Å². The Morgan fingerprint density at radius 2 is 1.64 bits per heavy atom. The highest BCUT2D eigenvalue weighted by atomic mass is 31.3. The number of ether oxygens (including phenoxy) is 1. The van der Waals surface area contributed by atoms with Crippen LogP contribution in [-0.4, -0.2) is 141 Å². The summed E-state index contributed by atoms with van der Waals surface area (Å²) in [5.74, 6) is -1.26. The summed E-state index contributed by atoms with van der Waals surface area (Å²) >= 11 is 0. The number of aryl methyl sites for hydroxylation is 2. The molecule has 346 valence electrons. The van der Waals surface area contributed by atoms with Gasteiger partial charge in [-0.1, -0.05) is 30.3 Å². The van der Waals surface area contributed by atoms with Crippen LogP contribution in [0.5, 0.6) is 0 Å². The van der Waals surface area contributed by atoms with Gasteiger partial charge in [-0.2, -0.15) is 4.31 Å². The molecule has 3 amide bonds. The maximum absolute atomic E-state index is 14.5. The van der Waals surface area contributed by atoms with Crippen molar-refractivity contribution in [2.45, 2.75) is 93.3 Å². The SMILES string of the molecule is Cc1cc2c(cc1C)N1[C@@](C)(N)CC(c3ccccc3)[C@]13C(=O)NC(=O)N[C@H]3N2C[C@H](O)[C@H](O)[C@H](O)COP(=O)(O)OP(=O)(O)OC[C@H]1O[C@@H](n2cnc3c(N)ncnc32)[C@H](O)[C@@H]1O. The molecule has 1 spiro atoms. The topological polar surface area (TPSA) is 373 Å². The van der Waals surface area contributed by atoms with Crippen LogP contribution in [-0.2, 0) is 32.0 Å². The summed E-state index contributed by atoms with van der Waals surface area (Å²) in [4.78, 5) is 63.4. The minimum Gasteiger partial charge on any atom is -0.388 e. The molecule has 0 radical (unpaired) electrons. The molecule has 13 N–H and O–H groups in total. The van der Waals surface area contributed by atoms with Crippen LogP contribution in [0.1, 0.15) is 42.2 Å². The van der Waals surface area contributed by atoms with Crippen LogP contribution in [0.25, 0.3) is 11.2 Å². The highest BCUT2D eigenvalue weighted by Gasteiger charge is 2.71.